The van der Waals surface area contributed by atoms with Crippen LogP contribution in [0.3, 0.4) is 0 Å². The molecule has 6 heteroatoms. The number of aryl methyl sites for hydroxylation is 1. The number of nitrogens with zero attached hydrogens (tertiary/aromatic N) is 1. The number of nitrogen functional groups attached to an aromatic ring is 1. The molecule has 0 aliphatic heterocycles. The van der Waals surface area contributed by atoms with E-state index in [9.17, 15) is 9.18 Å². The molecule has 0 spiro atoms. The first kappa shape index (κ1) is 11.1. The first-order valence-corrected chi connectivity index (χ1v) is 4.94. The van der Waals surface area contributed by atoms with Gasteiger partial charge in [0.1, 0.15) is 11.6 Å². The molecule has 1 amide bonds. The lowest BCUT2D eigenvalue weighted by Crippen LogP contribution is -2.13. The zero-order valence-corrected chi connectivity index (χ0v) is 9.12. The highest BCUT2D eigenvalue weighted by Crippen LogP contribution is 2.15. The lowest BCUT2D eigenvalue weighted by molar-refractivity contribution is 0.102. The van der Waals surface area contributed by atoms with Crippen LogP contribution in [-0.2, 0) is 0 Å². The number of anilines is 2. The van der Waals surface area contributed by atoms with Crippen LogP contribution in [0.1, 0.15) is 15.9 Å². The van der Waals surface area contributed by atoms with E-state index in [1.54, 1.807) is 13.1 Å². The quantitative estimate of drug-likeness (QED) is 0.691. The second-order valence-corrected chi connectivity index (χ2v) is 3.62. The Hall–Kier alpha value is -2.37. The highest BCUT2D eigenvalue weighted by Gasteiger charge is 2.10. The molecule has 1 aromatic heterocycles. The molecule has 0 aliphatic rings. The number of benzene rings is 1. The topological polar surface area (TPSA) is 83.8 Å². The summed E-state index contributed by atoms with van der Waals surface area (Å²) < 4.78 is 12.9. The van der Waals surface area contributed by atoms with Crippen molar-refractivity contribution in [3.8, 4) is 0 Å². The SMILES string of the molecule is Cc1cn[nH]c1NC(=O)c1ccc(F)c(N)c1. The molecule has 0 unspecified atom stereocenters. The van der Waals surface area contributed by atoms with Crippen molar-refractivity contribution in [1.82, 2.24) is 10.2 Å². The normalized spacial score (nSPS) is 10.2. The molecule has 2 aromatic rings. The Bertz CT molecular complexity index is 564. The van der Waals surface area contributed by atoms with E-state index in [0.29, 0.717) is 5.82 Å². The molecular formula is C11H11FN4O. The van der Waals surface area contributed by atoms with Gasteiger partial charge in [0.05, 0.1) is 11.9 Å². The van der Waals surface area contributed by atoms with Crippen LogP contribution >= 0.6 is 0 Å². The van der Waals surface area contributed by atoms with E-state index < -0.39 is 5.82 Å². The average molecular weight is 234 g/mol. The summed E-state index contributed by atoms with van der Waals surface area (Å²) in [5, 5.41) is 9.04. The van der Waals surface area contributed by atoms with Crippen LogP contribution in [0.25, 0.3) is 0 Å². The van der Waals surface area contributed by atoms with Gasteiger partial charge < -0.3 is 11.1 Å². The summed E-state index contributed by atoms with van der Waals surface area (Å²) in [4.78, 5) is 11.8. The van der Waals surface area contributed by atoms with Gasteiger partial charge in [0.15, 0.2) is 0 Å². The van der Waals surface area contributed by atoms with Crippen LogP contribution in [0.4, 0.5) is 15.9 Å². The minimum Gasteiger partial charge on any atom is -0.396 e. The number of halogens is 1. The van der Waals surface area contributed by atoms with Crippen LogP contribution in [0, 0.1) is 12.7 Å². The molecule has 0 bridgehead atoms. The smallest absolute Gasteiger partial charge is 0.256 e. The third-order valence-corrected chi connectivity index (χ3v) is 2.33. The van der Waals surface area contributed by atoms with Crippen molar-refractivity contribution < 1.29 is 9.18 Å². The van der Waals surface area contributed by atoms with Crippen LogP contribution < -0.4 is 11.1 Å². The number of aromatic nitrogens is 2. The second kappa shape index (κ2) is 4.25. The molecule has 1 aromatic carbocycles. The number of nitrogens with one attached hydrogen (secondary N) is 2. The molecule has 2 rings (SSSR count). The molecule has 0 aliphatic carbocycles. The highest BCUT2D eigenvalue weighted by molar-refractivity contribution is 6.04. The lowest BCUT2D eigenvalue weighted by atomic mass is 10.2. The number of rotatable bonds is 2. The predicted octanol–water partition coefficient (Wildman–Crippen LogP) is 1.69. The van der Waals surface area contributed by atoms with Crippen molar-refractivity contribution in [2.75, 3.05) is 11.1 Å². The molecule has 1 heterocycles. The Morgan fingerprint density at radius 1 is 1.53 bits per heavy atom. The maximum atomic E-state index is 12.9. The maximum absolute atomic E-state index is 12.9. The van der Waals surface area contributed by atoms with E-state index in [1.807, 2.05) is 0 Å². The first-order valence-electron chi connectivity index (χ1n) is 4.94. The number of amides is 1. The van der Waals surface area contributed by atoms with E-state index in [-0.39, 0.29) is 17.2 Å². The number of nitrogens with two attached hydrogens (primary N) is 1. The summed E-state index contributed by atoms with van der Waals surface area (Å²) in [6.45, 7) is 1.80. The Kier molecular flexibility index (Phi) is 2.78. The monoisotopic (exact) mass is 234 g/mol. The molecule has 0 fully saturated rings. The van der Waals surface area contributed by atoms with Crippen LogP contribution in [0.2, 0.25) is 0 Å². The van der Waals surface area contributed by atoms with Crippen LogP contribution in [0.5, 0.6) is 0 Å². The number of hydrogen-bond donors (Lipinski definition) is 3. The molecule has 0 atom stereocenters. The fraction of sp³-hybridized carbons (Fsp3) is 0.0909. The minimum atomic E-state index is -0.542. The van der Waals surface area contributed by atoms with E-state index in [0.717, 1.165) is 11.6 Å². The fourth-order valence-electron chi connectivity index (χ4n) is 1.34. The Morgan fingerprint density at radius 3 is 2.88 bits per heavy atom. The first-order chi connectivity index (χ1) is 8.08. The van der Waals surface area contributed by atoms with Gasteiger partial charge in [0.2, 0.25) is 0 Å². The van der Waals surface area contributed by atoms with Crippen molar-refractivity contribution in [3.05, 3.63) is 41.3 Å². The zero-order chi connectivity index (χ0) is 12.4. The van der Waals surface area contributed by atoms with Gasteiger partial charge in [-0.3, -0.25) is 9.89 Å². The highest BCUT2D eigenvalue weighted by atomic mass is 19.1. The minimum absolute atomic E-state index is 0.0565. The number of carbonyl (C=O) groups excluding carboxylic acids is 1. The van der Waals surface area contributed by atoms with Crippen molar-refractivity contribution in [2.24, 2.45) is 0 Å². The second-order valence-electron chi connectivity index (χ2n) is 3.62. The van der Waals surface area contributed by atoms with Crippen molar-refractivity contribution >= 4 is 17.4 Å². The van der Waals surface area contributed by atoms with Crippen LogP contribution in [-0.4, -0.2) is 16.1 Å². The summed E-state index contributed by atoms with van der Waals surface area (Å²) in [5.74, 6) is -0.402. The summed E-state index contributed by atoms with van der Waals surface area (Å²) in [5.41, 5.74) is 6.43. The predicted molar refractivity (Wildman–Crippen MR) is 62.1 cm³/mol. The molecule has 17 heavy (non-hydrogen) atoms. The van der Waals surface area contributed by atoms with Crippen molar-refractivity contribution in [1.29, 1.82) is 0 Å². The van der Waals surface area contributed by atoms with Gasteiger partial charge in [0.25, 0.3) is 5.91 Å². The molecule has 0 saturated carbocycles. The van der Waals surface area contributed by atoms with E-state index >= 15 is 0 Å². The van der Waals surface area contributed by atoms with Gasteiger partial charge >= 0.3 is 0 Å². The van der Waals surface area contributed by atoms with Gasteiger partial charge in [0, 0.05) is 11.1 Å². The van der Waals surface area contributed by atoms with Crippen molar-refractivity contribution in [3.63, 3.8) is 0 Å². The summed E-state index contributed by atoms with van der Waals surface area (Å²) in [6.07, 6.45) is 1.59. The largest absolute Gasteiger partial charge is 0.396 e. The Morgan fingerprint density at radius 2 is 2.29 bits per heavy atom. The van der Waals surface area contributed by atoms with E-state index in [2.05, 4.69) is 15.5 Å². The van der Waals surface area contributed by atoms with E-state index in [4.69, 9.17) is 5.73 Å². The van der Waals surface area contributed by atoms with Gasteiger partial charge in [-0.25, -0.2) is 4.39 Å². The van der Waals surface area contributed by atoms with E-state index in [1.165, 1.54) is 12.1 Å². The number of aromatic amines is 1. The summed E-state index contributed by atoms with van der Waals surface area (Å²) >= 11 is 0. The summed E-state index contributed by atoms with van der Waals surface area (Å²) in [7, 11) is 0. The molecular weight excluding hydrogens is 223 g/mol. The van der Waals surface area contributed by atoms with Gasteiger partial charge in [-0.05, 0) is 25.1 Å². The van der Waals surface area contributed by atoms with Crippen molar-refractivity contribution in [2.45, 2.75) is 6.92 Å². The lowest BCUT2D eigenvalue weighted by Gasteiger charge is -2.05. The Balaban J connectivity index is 2.20. The van der Waals surface area contributed by atoms with Gasteiger partial charge in [-0.2, -0.15) is 5.10 Å². The molecule has 0 saturated heterocycles. The fourth-order valence-corrected chi connectivity index (χ4v) is 1.34. The maximum Gasteiger partial charge on any atom is 0.256 e. The third kappa shape index (κ3) is 2.25. The number of hydrogen-bond acceptors (Lipinski definition) is 3. The zero-order valence-electron chi connectivity index (χ0n) is 9.12. The van der Waals surface area contributed by atoms with Crippen LogP contribution in [0.15, 0.2) is 24.4 Å². The molecule has 88 valence electrons. The summed E-state index contributed by atoms with van der Waals surface area (Å²) in [6, 6.07) is 3.81. The molecule has 4 N–H and O–H groups in total. The van der Waals surface area contributed by atoms with Gasteiger partial charge in [-0.15, -0.1) is 0 Å². The Labute approximate surface area is 96.8 Å². The van der Waals surface area contributed by atoms with Gasteiger partial charge in [-0.1, -0.05) is 0 Å². The average Bonchev–Trinajstić information content (AvgIpc) is 2.68. The standard InChI is InChI=1S/C11H11FN4O/c1-6-5-14-16-10(6)15-11(17)7-2-3-8(12)9(13)4-7/h2-5H,13H2,1H3,(H2,14,15,16,17). The number of H-pyrrole nitrogens is 1. The third-order valence-electron chi connectivity index (χ3n) is 2.33. The molecule has 0 radical (unpaired) electrons. The number of carbonyl (C=O) groups is 1. The molecule has 5 nitrogen and oxygen atoms in total.